The number of carbonyl (C=O) groups excluding carboxylic acids is 2. The van der Waals surface area contributed by atoms with Crippen LogP contribution in [0.4, 0.5) is 0 Å². The van der Waals surface area contributed by atoms with Gasteiger partial charge in [0.25, 0.3) is 0 Å². The normalized spacial score (nSPS) is 16.0. The third kappa shape index (κ3) is 3.81. The molecule has 0 saturated carbocycles. The maximum atomic E-state index is 12.4. The van der Waals surface area contributed by atoms with Crippen LogP contribution in [0.5, 0.6) is 0 Å². The van der Waals surface area contributed by atoms with Gasteiger partial charge in [0.2, 0.25) is 0 Å². The molecule has 1 aromatic carbocycles. The predicted molar refractivity (Wildman–Crippen MR) is 114 cm³/mol. The number of Topliss-reactive ketones (excluding diaryl/α,β-unsaturated/α-hetero) is 1. The Hall–Kier alpha value is -3.34. The highest BCUT2D eigenvalue weighted by atomic mass is 16.5. The molecule has 2 N–H and O–H groups in total. The number of aromatic amines is 1. The number of esters is 1. The van der Waals surface area contributed by atoms with Gasteiger partial charge in [-0.15, -0.1) is 0 Å². The lowest BCUT2D eigenvalue weighted by atomic mass is 9.91. The smallest absolute Gasteiger partial charge is 0.342 e. The summed E-state index contributed by atoms with van der Waals surface area (Å²) in [6, 6.07) is 16.3. The van der Waals surface area contributed by atoms with Crippen molar-refractivity contribution in [2.45, 2.75) is 32.8 Å². The van der Waals surface area contributed by atoms with Crippen LogP contribution in [0.1, 0.15) is 37.9 Å². The van der Waals surface area contributed by atoms with Crippen LogP contribution >= 0.6 is 0 Å². The highest BCUT2D eigenvalue weighted by Gasteiger charge is 2.30. The van der Waals surface area contributed by atoms with Gasteiger partial charge < -0.3 is 15.0 Å². The molecule has 2 aromatic rings. The number of rotatable bonds is 3. The Balaban J connectivity index is 0.000000286. The van der Waals surface area contributed by atoms with Gasteiger partial charge in [-0.2, -0.15) is 0 Å². The Morgan fingerprint density at radius 1 is 1.07 bits per heavy atom. The molecule has 0 saturated heterocycles. The molecule has 3 aliphatic rings. The molecule has 0 radical (unpaired) electrons. The first-order valence-corrected chi connectivity index (χ1v) is 9.82. The van der Waals surface area contributed by atoms with Gasteiger partial charge in [-0.3, -0.25) is 4.79 Å². The molecule has 0 fully saturated rings. The number of fused-ring (bicyclic) bond motifs is 4. The standard InChI is InChI=1S/C18H20N2O3.C6H4/c1-10(2)23-18(22)14-9-19-8-13(11(3)21)16-12-6-4-5-7-15(12)20-17(14)16;1-2-5-4-6(5)3-1/h4-7,9-10,13,19-20H,8H2,1-3H3;1-4H. The van der Waals surface area contributed by atoms with E-state index in [1.54, 1.807) is 13.1 Å². The Bertz CT molecular complexity index is 1110. The van der Waals surface area contributed by atoms with Crippen molar-refractivity contribution in [3.8, 4) is 11.1 Å². The van der Waals surface area contributed by atoms with E-state index in [1.807, 2.05) is 38.1 Å². The van der Waals surface area contributed by atoms with E-state index < -0.39 is 5.97 Å². The molecular weight excluding hydrogens is 364 g/mol. The molecule has 1 atom stereocenters. The third-order valence-corrected chi connectivity index (χ3v) is 5.10. The fraction of sp³-hybridized carbons (Fsp3) is 0.250. The minimum atomic E-state index is -0.399. The summed E-state index contributed by atoms with van der Waals surface area (Å²) in [6.45, 7) is 5.66. The molecule has 2 heterocycles. The minimum Gasteiger partial charge on any atom is -0.459 e. The van der Waals surface area contributed by atoms with E-state index in [4.69, 9.17) is 4.74 Å². The highest BCUT2D eigenvalue weighted by molar-refractivity contribution is 6.18. The molecule has 29 heavy (non-hydrogen) atoms. The topological polar surface area (TPSA) is 71.2 Å². The van der Waals surface area contributed by atoms with Crippen molar-refractivity contribution in [1.82, 2.24) is 10.3 Å². The molecule has 1 aromatic heterocycles. The molecule has 0 spiro atoms. The SMILES string of the molecule is CC(=O)C1CNC=C(C(=O)OC(C)C)c2[nH]c3ccccc3c21.c1cc2cc-2c1. The van der Waals surface area contributed by atoms with Gasteiger partial charge in [0.05, 0.1) is 23.3 Å². The summed E-state index contributed by atoms with van der Waals surface area (Å²) in [5.41, 5.74) is 5.72. The number of ether oxygens (including phenoxy) is 1. The number of para-hydroxylation sites is 1. The first-order chi connectivity index (χ1) is 14.0. The predicted octanol–water partition coefficient (Wildman–Crippen LogP) is 4.40. The molecule has 1 aliphatic heterocycles. The average Bonchev–Trinajstić information content (AvgIpc) is 3.18. The summed E-state index contributed by atoms with van der Waals surface area (Å²) < 4.78 is 5.34. The summed E-state index contributed by atoms with van der Waals surface area (Å²) in [6.07, 6.45) is 1.44. The van der Waals surface area contributed by atoms with E-state index in [0.29, 0.717) is 17.8 Å². The second-order valence-electron chi connectivity index (χ2n) is 7.62. The fourth-order valence-corrected chi connectivity index (χ4v) is 3.65. The van der Waals surface area contributed by atoms with Crippen LogP contribution in [-0.2, 0) is 14.3 Å². The Morgan fingerprint density at radius 3 is 2.38 bits per heavy atom. The third-order valence-electron chi connectivity index (χ3n) is 5.10. The molecule has 0 amide bonds. The van der Waals surface area contributed by atoms with Gasteiger partial charge in [0.15, 0.2) is 0 Å². The van der Waals surface area contributed by atoms with E-state index in [9.17, 15) is 9.59 Å². The number of hydrogen-bond acceptors (Lipinski definition) is 4. The van der Waals surface area contributed by atoms with Crippen molar-refractivity contribution >= 4 is 28.2 Å². The molecule has 148 valence electrons. The van der Waals surface area contributed by atoms with Crippen LogP contribution in [0, 0.1) is 0 Å². The quantitative estimate of drug-likeness (QED) is 0.510. The summed E-state index contributed by atoms with van der Waals surface area (Å²) in [7, 11) is 0. The Morgan fingerprint density at radius 2 is 1.79 bits per heavy atom. The molecule has 2 aliphatic carbocycles. The number of benzene rings is 2. The van der Waals surface area contributed by atoms with Crippen LogP contribution in [0.3, 0.4) is 0 Å². The van der Waals surface area contributed by atoms with Crippen molar-refractivity contribution in [2.24, 2.45) is 0 Å². The number of aromatic nitrogens is 1. The van der Waals surface area contributed by atoms with Gasteiger partial charge in [-0.25, -0.2) is 4.79 Å². The van der Waals surface area contributed by atoms with E-state index >= 15 is 0 Å². The van der Waals surface area contributed by atoms with Crippen LogP contribution < -0.4 is 5.32 Å². The number of nitrogens with one attached hydrogen (secondary N) is 2. The molecule has 5 rings (SSSR count). The molecular formula is C24H24N2O3. The number of hydrogen-bond donors (Lipinski definition) is 2. The van der Waals surface area contributed by atoms with Crippen LogP contribution in [0.15, 0.2) is 54.7 Å². The van der Waals surface area contributed by atoms with Crippen LogP contribution in [0.25, 0.3) is 27.6 Å². The molecule has 0 bridgehead atoms. The molecule has 5 heteroatoms. The lowest BCUT2D eigenvalue weighted by Crippen LogP contribution is -2.21. The Kier molecular flexibility index (Phi) is 4.97. The number of carbonyl (C=O) groups is 2. The van der Waals surface area contributed by atoms with E-state index in [-0.39, 0.29) is 17.8 Å². The summed E-state index contributed by atoms with van der Waals surface area (Å²) in [5.74, 6) is -0.637. The zero-order valence-electron chi connectivity index (χ0n) is 16.8. The van der Waals surface area contributed by atoms with Gasteiger partial charge in [-0.05, 0) is 49.6 Å². The maximum Gasteiger partial charge on any atom is 0.342 e. The van der Waals surface area contributed by atoms with Gasteiger partial charge in [0.1, 0.15) is 5.78 Å². The first-order valence-electron chi connectivity index (χ1n) is 9.82. The van der Waals surface area contributed by atoms with Crippen molar-refractivity contribution < 1.29 is 14.3 Å². The Labute approximate surface area is 169 Å². The molecule has 1 unspecified atom stereocenters. The van der Waals surface area contributed by atoms with E-state index in [2.05, 4.69) is 34.6 Å². The average molecular weight is 388 g/mol. The zero-order chi connectivity index (χ0) is 20.5. The summed E-state index contributed by atoms with van der Waals surface area (Å²) in [4.78, 5) is 27.8. The monoisotopic (exact) mass is 388 g/mol. The van der Waals surface area contributed by atoms with E-state index in [0.717, 1.165) is 16.5 Å². The van der Waals surface area contributed by atoms with Crippen LogP contribution in [0.2, 0.25) is 0 Å². The first kappa shape index (κ1) is 19.0. The maximum absolute atomic E-state index is 12.4. The largest absolute Gasteiger partial charge is 0.459 e. The number of ketones is 1. The lowest BCUT2D eigenvalue weighted by Gasteiger charge is -2.13. The summed E-state index contributed by atoms with van der Waals surface area (Å²) >= 11 is 0. The lowest BCUT2D eigenvalue weighted by molar-refractivity contribution is -0.140. The van der Waals surface area contributed by atoms with Crippen molar-refractivity contribution in [3.05, 3.63) is 66.0 Å². The number of H-pyrrole nitrogens is 1. The van der Waals surface area contributed by atoms with Gasteiger partial charge in [-0.1, -0.05) is 36.4 Å². The highest BCUT2D eigenvalue weighted by Crippen LogP contribution is 2.35. The van der Waals surface area contributed by atoms with Crippen molar-refractivity contribution in [3.63, 3.8) is 0 Å². The molecule has 5 nitrogen and oxygen atoms in total. The van der Waals surface area contributed by atoms with Gasteiger partial charge in [0, 0.05) is 23.6 Å². The van der Waals surface area contributed by atoms with Crippen molar-refractivity contribution in [1.29, 1.82) is 0 Å². The van der Waals surface area contributed by atoms with Crippen molar-refractivity contribution in [2.75, 3.05) is 6.54 Å². The van der Waals surface area contributed by atoms with Gasteiger partial charge >= 0.3 is 5.97 Å². The van der Waals surface area contributed by atoms with Crippen LogP contribution in [-0.4, -0.2) is 29.4 Å². The second-order valence-corrected chi connectivity index (χ2v) is 7.62. The summed E-state index contributed by atoms with van der Waals surface area (Å²) in [5, 5.41) is 4.04. The minimum absolute atomic E-state index is 0.0652. The van der Waals surface area contributed by atoms with E-state index in [1.165, 1.54) is 11.1 Å². The second kappa shape index (κ2) is 7.59. The fourth-order valence-electron chi connectivity index (χ4n) is 3.65. The zero-order valence-corrected chi connectivity index (χ0v) is 16.8.